The smallest absolute Gasteiger partial charge is 0.336 e. The quantitative estimate of drug-likeness (QED) is 0.329. The van der Waals surface area contributed by atoms with E-state index in [1.807, 2.05) is 13.8 Å². The maximum atomic E-state index is 10.3. The molecule has 0 aliphatic heterocycles. The summed E-state index contributed by atoms with van der Waals surface area (Å²) >= 11 is 0. The molecule has 0 aliphatic rings. The Morgan fingerprint density at radius 3 is 1.45 bits per heavy atom. The Kier molecular flexibility index (Phi) is 9.72. The molecule has 0 aromatic rings. The van der Waals surface area contributed by atoms with Gasteiger partial charge in [0.25, 0.3) is 0 Å². The van der Waals surface area contributed by atoms with E-state index in [1.54, 1.807) is 0 Å². The summed E-state index contributed by atoms with van der Waals surface area (Å²) in [6.45, 7) is 3.89. The summed E-state index contributed by atoms with van der Waals surface area (Å²) in [5.41, 5.74) is 2.48. The third-order valence-electron chi connectivity index (χ3n) is 2.33. The molecule has 0 aliphatic carbocycles. The van der Waals surface area contributed by atoms with Crippen molar-refractivity contribution in [3.8, 4) is 0 Å². The average Bonchev–Trinajstić information content (AvgIpc) is 2.25. The van der Waals surface area contributed by atoms with Gasteiger partial charge in [0.2, 0.25) is 0 Å². The summed E-state index contributed by atoms with van der Waals surface area (Å²) < 4.78 is 0. The van der Waals surface area contributed by atoms with Gasteiger partial charge >= 0.3 is 23.9 Å². The number of aliphatic hydroxyl groups is 1. The maximum absolute atomic E-state index is 10.3. The van der Waals surface area contributed by atoms with Crippen LogP contribution in [0, 0.1) is 5.92 Å². The van der Waals surface area contributed by atoms with Gasteiger partial charge in [-0.05, 0) is 12.3 Å². The summed E-state index contributed by atoms with van der Waals surface area (Å²) in [6.07, 6.45) is -1.74. The zero-order valence-electron chi connectivity index (χ0n) is 12.2. The van der Waals surface area contributed by atoms with Crippen LogP contribution in [0.4, 0.5) is 0 Å². The summed E-state index contributed by atoms with van der Waals surface area (Å²) in [5, 5.41) is 42.1. The summed E-state index contributed by atoms with van der Waals surface area (Å²) in [6, 6.07) is -0.690. The number of aliphatic carboxylic acids is 4. The van der Waals surface area contributed by atoms with Gasteiger partial charge in [-0.3, -0.25) is 14.4 Å². The second-order valence-corrected chi connectivity index (χ2v) is 5.05. The van der Waals surface area contributed by atoms with Crippen molar-refractivity contribution in [2.24, 2.45) is 11.7 Å². The minimum atomic E-state index is -2.74. The molecule has 0 aromatic carbocycles. The van der Waals surface area contributed by atoms with Crippen molar-refractivity contribution in [1.29, 1.82) is 0 Å². The fraction of sp³-hybridized carbons (Fsp3) is 0.667. The van der Waals surface area contributed by atoms with Crippen LogP contribution in [0.1, 0.15) is 33.1 Å². The first-order valence-electron chi connectivity index (χ1n) is 6.19. The SMILES string of the molecule is CC(C)C[C@H](N)C(=O)O.O=C(O)CC(O)(CC(=O)O)C(=O)O. The van der Waals surface area contributed by atoms with E-state index in [4.69, 9.17) is 31.3 Å². The topological polar surface area (TPSA) is 195 Å². The number of hydrogen-bond acceptors (Lipinski definition) is 6. The molecule has 0 fully saturated rings. The molecule has 22 heavy (non-hydrogen) atoms. The minimum absolute atomic E-state index is 0.357. The molecular formula is C12H21NO9. The Hall–Kier alpha value is -2.20. The van der Waals surface area contributed by atoms with Crippen LogP contribution in [-0.2, 0) is 19.2 Å². The fourth-order valence-electron chi connectivity index (χ4n) is 1.32. The first-order valence-corrected chi connectivity index (χ1v) is 6.19. The molecule has 0 spiro atoms. The molecule has 128 valence electrons. The molecule has 0 saturated heterocycles. The van der Waals surface area contributed by atoms with Crippen LogP contribution in [-0.4, -0.2) is 61.1 Å². The van der Waals surface area contributed by atoms with Crippen LogP contribution in [0.25, 0.3) is 0 Å². The summed E-state index contributed by atoms with van der Waals surface area (Å²) in [5.74, 6) is -5.57. The van der Waals surface area contributed by atoms with Crippen molar-refractivity contribution >= 4 is 23.9 Å². The van der Waals surface area contributed by atoms with Gasteiger partial charge in [0.15, 0.2) is 5.60 Å². The number of hydrogen-bond donors (Lipinski definition) is 6. The van der Waals surface area contributed by atoms with Crippen molar-refractivity contribution in [3.63, 3.8) is 0 Å². The molecule has 10 heteroatoms. The first kappa shape index (κ1) is 22.1. The Balaban J connectivity index is 0. The molecule has 1 atom stereocenters. The van der Waals surface area contributed by atoms with E-state index in [1.165, 1.54) is 0 Å². The molecule has 7 N–H and O–H groups in total. The molecule has 0 amide bonds. The predicted octanol–water partition coefficient (Wildman–Crippen LogP) is -0.804. The first-order chi connectivity index (χ1) is 9.81. The summed E-state index contributed by atoms with van der Waals surface area (Å²) in [7, 11) is 0. The van der Waals surface area contributed by atoms with Gasteiger partial charge in [0.05, 0.1) is 12.8 Å². The standard InChI is InChI=1S/C6H13NO2.C6H8O7/c1-4(2)3-5(7)6(8)9;7-3(8)1-6(13,5(11)12)2-4(9)10/h4-5H,3,7H2,1-2H3,(H,8,9);13H,1-2H2,(H,7,8)(H,9,10)(H,11,12)/t5-;/m0./s1. The third-order valence-corrected chi connectivity index (χ3v) is 2.33. The van der Waals surface area contributed by atoms with E-state index < -0.39 is 48.4 Å². The van der Waals surface area contributed by atoms with E-state index in [-0.39, 0.29) is 0 Å². The third kappa shape index (κ3) is 10.6. The highest BCUT2D eigenvalue weighted by Crippen LogP contribution is 2.15. The van der Waals surface area contributed by atoms with Gasteiger partial charge in [0.1, 0.15) is 6.04 Å². The molecule has 0 rings (SSSR count). The maximum Gasteiger partial charge on any atom is 0.336 e. The monoisotopic (exact) mass is 323 g/mol. The van der Waals surface area contributed by atoms with Crippen LogP contribution in [0.5, 0.6) is 0 Å². The van der Waals surface area contributed by atoms with Crippen molar-refractivity contribution in [1.82, 2.24) is 0 Å². The largest absolute Gasteiger partial charge is 0.481 e. The normalized spacial score (nSPS) is 12.0. The van der Waals surface area contributed by atoms with Crippen LogP contribution in [0.15, 0.2) is 0 Å². The number of rotatable bonds is 8. The van der Waals surface area contributed by atoms with Crippen LogP contribution < -0.4 is 5.73 Å². The molecular weight excluding hydrogens is 302 g/mol. The van der Waals surface area contributed by atoms with Gasteiger partial charge in [-0.1, -0.05) is 13.8 Å². The Bertz CT molecular complexity index is 403. The van der Waals surface area contributed by atoms with Crippen LogP contribution in [0.3, 0.4) is 0 Å². The highest BCUT2D eigenvalue weighted by Gasteiger charge is 2.40. The van der Waals surface area contributed by atoms with E-state index in [0.717, 1.165) is 0 Å². The Labute approximate surface area is 126 Å². The van der Waals surface area contributed by atoms with Crippen molar-refractivity contribution in [2.45, 2.75) is 44.8 Å². The average molecular weight is 323 g/mol. The molecule has 0 bridgehead atoms. The Morgan fingerprint density at radius 1 is 0.955 bits per heavy atom. The number of carboxylic acid groups (broad SMARTS) is 4. The van der Waals surface area contributed by atoms with E-state index in [9.17, 15) is 19.2 Å². The second-order valence-electron chi connectivity index (χ2n) is 5.05. The van der Waals surface area contributed by atoms with Crippen LogP contribution in [0.2, 0.25) is 0 Å². The lowest BCUT2D eigenvalue weighted by Crippen LogP contribution is -2.42. The van der Waals surface area contributed by atoms with Crippen molar-refractivity contribution in [3.05, 3.63) is 0 Å². The van der Waals surface area contributed by atoms with Crippen molar-refractivity contribution < 1.29 is 44.7 Å². The molecule has 0 unspecified atom stereocenters. The lowest BCUT2D eigenvalue weighted by Gasteiger charge is -2.18. The minimum Gasteiger partial charge on any atom is -0.481 e. The van der Waals surface area contributed by atoms with E-state index in [0.29, 0.717) is 12.3 Å². The second kappa shape index (κ2) is 9.68. The van der Waals surface area contributed by atoms with E-state index in [2.05, 4.69) is 0 Å². The lowest BCUT2D eigenvalue weighted by molar-refractivity contribution is -0.170. The molecule has 10 nitrogen and oxygen atoms in total. The highest BCUT2D eigenvalue weighted by atomic mass is 16.4. The van der Waals surface area contributed by atoms with Gasteiger partial charge < -0.3 is 31.3 Å². The number of nitrogens with two attached hydrogens (primary N) is 1. The fourth-order valence-corrected chi connectivity index (χ4v) is 1.32. The van der Waals surface area contributed by atoms with Gasteiger partial charge in [-0.15, -0.1) is 0 Å². The van der Waals surface area contributed by atoms with Gasteiger partial charge in [0, 0.05) is 0 Å². The molecule has 0 radical (unpaired) electrons. The van der Waals surface area contributed by atoms with Gasteiger partial charge in [-0.2, -0.15) is 0 Å². The number of carboxylic acids is 4. The zero-order chi connectivity index (χ0) is 18.1. The Morgan fingerprint density at radius 2 is 1.32 bits per heavy atom. The molecule has 0 aromatic heterocycles. The van der Waals surface area contributed by atoms with E-state index >= 15 is 0 Å². The van der Waals surface area contributed by atoms with Crippen molar-refractivity contribution in [2.75, 3.05) is 0 Å². The highest BCUT2D eigenvalue weighted by molar-refractivity contribution is 5.88. The predicted molar refractivity (Wildman–Crippen MR) is 72.2 cm³/mol. The lowest BCUT2D eigenvalue weighted by atomic mass is 9.96. The molecule has 0 heterocycles. The number of carbonyl (C=O) groups is 4. The van der Waals surface area contributed by atoms with Gasteiger partial charge in [-0.25, -0.2) is 4.79 Å². The summed E-state index contributed by atoms with van der Waals surface area (Å²) in [4.78, 5) is 40.6. The van der Waals surface area contributed by atoms with Crippen LogP contribution >= 0.6 is 0 Å². The molecule has 0 saturated carbocycles. The zero-order valence-corrected chi connectivity index (χ0v) is 12.2.